The van der Waals surface area contributed by atoms with E-state index in [1.807, 2.05) is 26.0 Å². The van der Waals surface area contributed by atoms with Crippen molar-refractivity contribution in [2.45, 2.75) is 26.0 Å². The second kappa shape index (κ2) is 5.27. The molecule has 0 saturated carbocycles. The molecule has 2 aromatic heterocycles. The highest BCUT2D eigenvalue weighted by Crippen LogP contribution is 2.36. The number of carbonyl (C=O) groups excluding carboxylic acids is 1. The van der Waals surface area contributed by atoms with Gasteiger partial charge in [0.15, 0.2) is 0 Å². The van der Waals surface area contributed by atoms with Gasteiger partial charge < -0.3 is 15.0 Å². The zero-order valence-corrected chi connectivity index (χ0v) is 13.6. The summed E-state index contributed by atoms with van der Waals surface area (Å²) < 4.78 is 29.0. The Labute approximate surface area is 142 Å². The van der Waals surface area contributed by atoms with E-state index in [4.69, 9.17) is 0 Å². The fourth-order valence-electron chi connectivity index (χ4n) is 3.23. The number of hydrogen-bond acceptors (Lipinski definition) is 3. The standard InChI is InChI=1S/C18H15F2N3O2/c1-18(2)13-7-9(3-4-11(13)16(24)23-18)12-8-21-15-10(12)5-6-14(22-15)25-17(19)20/h3-8,17H,1-2H3,(H,21,22)(H,23,24). The van der Waals surface area contributed by atoms with Crippen LogP contribution in [-0.4, -0.2) is 22.5 Å². The molecule has 128 valence electrons. The Hall–Kier alpha value is -2.96. The Morgan fingerprint density at radius 2 is 1.96 bits per heavy atom. The van der Waals surface area contributed by atoms with Crippen molar-refractivity contribution in [2.75, 3.05) is 0 Å². The zero-order valence-electron chi connectivity index (χ0n) is 13.6. The Morgan fingerprint density at radius 1 is 1.16 bits per heavy atom. The molecule has 0 unspecified atom stereocenters. The van der Waals surface area contributed by atoms with Crippen LogP contribution < -0.4 is 10.1 Å². The number of rotatable bonds is 3. The van der Waals surface area contributed by atoms with Crippen molar-refractivity contribution in [1.29, 1.82) is 0 Å². The summed E-state index contributed by atoms with van der Waals surface area (Å²) in [5.74, 6) is -0.221. The molecule has 0 fully saturated rings. The van der Waals surface area contributed by atoms with Crippen LogP contribution in [0, 0.1) is 0 Å². The number of pyridine rings is 1. The first-order valence-electron chi connectivity index (χ1n) is 7.75. The van der Waals surface area contributed by atoms with Gasteiger partial charge in [-0.2, -0.15) is 13.8 Å². The molecule has 0 aliphatic carbocycles. The van der Waals surface area contributed by atoms with Gasteiger partial charge in [0.05, 0.1) is 5.54 Å². The van der Waals surface area contributed by atoms with Crippen LogP contribution in [0.25, 0.3) is 22.2 Å². The number of halogens is 2. The third kappa shape index (κ3) is 2.52. The molecule has 1 aliphatic rings. The average molecular weight is 343 g/mol. The Morgan fingerprint density at radius 3 is 2.72 bits per heavy atom. The fourth-order valence-corrected chi connectivity index (χ4v) is 3.23. The maximum atomic E-state index is 12.3. The van der Waals surface area contributed by atoms with E-state index >= 15 is 0 Å². The molecule has 0 saturated heterocycles. The number of H-pyrrole nitrogens is 1. The molecule has 7 heteroatoms. The van der Waals surface area contributed by atoms with Crippen LogP contribution in [0.1, 0.15) is 29.8 Å². The molecular weight excluding hydrogens is 328 g/mol. The summed E-state index contributed by atoms with van der Waals surface area (Å²) in [7, 11) is 0. The summed E-state index contributed by atoms with van der Waals surface area (Å²) in [5, 5.41) is 3.74. The van der Waals surface area contributed by atoms with E-state index in [1.54, 1.807) is 18.3 Å². The lowest BCUT2D eigenvalue weighted by molar-refractivity contribution is -0.0526. The smallest absolute Gasteiger partial charge is 0.388 e. The highest BCUT2D eigenvalue weighted by molar-refractivity contribution is 6.01. The molecule has 0 bridgehead atoms. The van der Waals surface area contributed by atoms with Crippen LogP contribution in [0.2, 0.25) is 0 Å². The van der Waals surface area contributed by atoms with Gasteiger partial charge in [-0.3, -0.25) is 4.79 Å². The summed E-state index contributed by atoms with van der Waals surface area (Å²) in [4.78, 5) is 19.0. The van der Waals surface area contributed by atoms with E-state index in [0.717, 1.165) is 22.1 Å². The summed E-state index contributed by atoms with van der Waals surface area (Å²) >= 11 is 0. The van der Waals surface area contributed by atoms with Gasteiger partial charge in [-0.15, -0.1) is 0 Å². The molecule has 1 aromatic carbocycles. The molecular formula is C18H15F2N3O2. The van der Waals surface area contributed by atoms with Crippen LogP contribution in [0.3, 0.4) is 0 Å². The van der Waals surface area contributed by atoms with E-state index in [0.29, 0.717) is 11.2 Å². The number of benzene rings is 1. The second-order valence-corrected chi connectivity index (χ2v) is 6.47. The lowest BCUT2D eigenvalue weighted by Gasteiger charge is -2.19. The van der Waals surface area contributed by atoms with Gasteiger partial charge >= 0.3 is 6.61 Å². The van der Waals surface area contributed by atoms with E-state index < -0.39 is 12.2 Å². The van der Waals surface area contributed by atoms with Gasteiger partial charge in [-0.05, 0) is 43.2 Å². The molecule has 0 atom stereocenters. The van der Waals surface area contributed by atoms with Crippen molar-refractivity contribution in [2.24, 2.45) is 0 Å². The molecule has 2 N–H and O–H groups in total. The van der Waals surface area contributed by atoms with E-state index in [-0.39, 0.29) is 11.8 Å². The van der Waals surface area contributed by atoms with Crippen molar-refractivity contribution in [3.8, 4) is 17.0 Å². The monoisotopic (exact) mass is 343 g/mol. The molecule has 1 amide bonds. The molecule has 4 rings (SSSR count). The second-order valence-electron chi connectivity index (χ2n) is 6.47. The molecule has 0 spiro atoms. The Kier molecular flexibility index (Phi) is 3.28. The number of aromatic amines is 1. The van der Waals surface area contributed by atoms with Gasteiger partial charge in [0, 0.05) is 28.8 Å². The van der Waals surface area contributed by atoms with Gasteiger partial charge in [0.2, 0.25) is 5.88 Å². The lowest BCUT2D eigenvalue weighted by atomic mass is 9.91. The molecule has 0 radical (unpaired) electrons. The normalized spacial score (nSPS) is 15.5. The minimum Gasteiger partial charge on any atom is -0.417 e. The Balaban J connectivity index is 1.80. The first kappa shape index (κ1) is 15.6. The maximum absolute atomic E-state index is 12.3. The predicted molar refractivity (Wildman–Crippen MR) is 88.7 cm³/mol. The number of alkyl halides is 2. The fraction of sp³-hybridized carbons (Fsp3) is 0.222. The van der Waals surface area contributed by atoms with Crippen molar-refractivity contribution in [1.82, 2.24) is 15.3 Å². The number of nitrogens with one attached hydrogen (secondary N) is 2. The van der Waals surface area contributed by atoms with Crippen molar-refractivity contribution in [3.63, 3.8) is 0 Å². The molecule has 1 aliphatic heterocycles. The number of amides is 1. The molecule has 25 heavy (non-hydrogen) atoms. The molecule has 3 aromatic rings. The van der Waals surface area contributed by atoms with Gasteiger partial charge in [-0.25, -0.2) is 0 Å². The van der Waals surface area contributed by atoms with Crippen molar-refractivity contribution in [3.05, 3.63) is 47.7 Å². The van der Waals surface area contributed by atoms with Gasteiger partial charge in [0.25, 0.3) is 5.91 Å². The third-order valence-electron chi connectivity index (χ3n) is 4.40. The highest BCUT2D eigenvalue weighted by atomic mass is 19.3. The maximum Gasteiger partial charge on any atom is 0.388 e. The van der Waals surface area contributed by atoms with E-state index in [9.17, 15) is 13.6 Å². The summed E-state index contributed by atoms with van der Waals surface area (Å²) in [5.41, 5.74) is 3.41. The largest absolute Gasteiger partial charge is 0.417 e. The van der Waals surface area contributed by atoms with E-state index in [1.165, 1.54) is 6.07 Å². The SMILES string of the molecule is CC1(C)NC(=O)c2ccc(-c3c[nH]c4nc(OC(F)F)ccc34)cc21. The zero-order chi connectivity index (χ0) is 17.8. The van der Waals surface area contributed by atoms with Crippen LogP contribution in [0.5, 0.6) is 5.88 Å². The van der Waals surface area contributed by atoms with Gasteiger partial charge in [-0.1, -0.05) is 6.07 Å². The van der Waals surface area contributed by atoms with E-state index in [2.05, 4.69) is 20.0 Å². The average Bonchev–Trinajstić information content (AvgIpc) is 3.05. The number of fused-ring (bicyclic) bond motifs is 2. The topological polar surface area (TPSA) is 67.0 Å². The number of nitrogens with zero attached hydrogens (tertiary/aromatic N) is 1. The minimum atomic E-state index is -2.91. The third-order valence-corrected chi connectivity index (χ3v) is 4.40. The number of hydrogen-bond donors (Lipinski definition) is 2. The predicted octanol–water partition coefficient (Wildman–Crippen LogP) is 3.81. The number of ether oxygens (including phenoxy) is 1. The number of carbonyl (C=O) groups is 1. The van der Waals surface area contributed by atoms with Gasteiger partial charge in [0.1, 0.15) is 5.65 Å². The van der Waals surface area contributed by atoms with Crippen molar-refractivity contribution < 1.29 is 18.3 Å². The highest BCUT2D eigenvalue weighted by Gasteiger charge is 2.35. The van der Waals surface area contributed by atoms with Crippen LogP contribution in [-0.2, 0) is 5.54 Å². The summed E-state index contributed by atoms with van der Waals surface area (Å²) in [6.45, 7) is 0.986. The van der Waals surface area contributed by atoms with Crippen molar-refractivity contribution >= 4 is 16.9 Å². The van der Waals surface area contributed by atoms with Crippen LogP contribution >= 0.6 is 0 Å². The molecule has 3 heterocycles. The van der Waals surface area contributed by atoms with Crippen LogP contribution in [0.4, 0.5) is 8.78 Å². The molecule has 5 nitrogen and oxygen atoms in total. The quantitative estimate of drug-likeness (QED) is 0.760. The first-order valence-corrected chi connectivity index (χ1v) is 7.75. The summed E-state index contributed by atoms with van der Waals surface area (Å²) in [6, 6.07) is 8.74. The lowest BCUT2D eigenvalue weighted by Crippen LogP contribution is -2.32. The first-order chi connectivity index (χ1) is 11.8. The number of aromatic nitrogens is 2. The Bertz CT molecular complexity index is 995. The minimum absolute atomic E-state index is 0.0825. The van der Waals surface area contributed by atoms with Crippen LogP contribution in [0.15, 0.2) is 36.5 Å². The summed E-state index contributed by atoms with van der Waals surface area (Å²) in [6.07, 6.45) is 1.77.